The number of hydrogen-bond donors (Lipinski definition) is 0. The first-order valence-electron chi connectivity index (χ1n) is 7.98. The van der Waals surface area contributed by atoms with Crippen LogP contribution in [0.4, 0.5) is 10.3 Å². The number of nitrogens with zero attached hydrogens (tertiary/aromatic N) is 4. The quantitative estimate of drug-likeness (QED) is 0.850. The Kier molecular flexibility index (Phi) is 4.22. The molecular weight excluding hydrogens is 307 g/mol. The molecular formula is C18H21FN4O. The molecule has 1 aliphatic heterocycles. The molecule has 1 unspecified atom stereocenters. The Hall–Kier alpha value is -2.50. The van der Waals surface area contributed by atoms with Crippen LogP contribution in [-0.4, -0.2) is 41.4 Å². The Morgan fingerprint density at radius 3 is 2.79 bits per heavy atom. The van der Waals surface area contributed by atoms with Crippen molar-refractivity contribution in [2.45, 2.75) is 26.3 Å². The van der Waals surface area contributed by atoms with Crippen LogP contribution in [0, 0.1) is 12.7 Å². The van der Waals surface area contributed by atoms with Gasteiger partial charge >= 0.3 is 0 Å². The lowest BCUT2D eigenvalue weighted by molar-refractivity contribution is 0.0675. The van der Waals surface area contributed by atoms with Crippen molar-refractivity contribution in [3.05, 3.63) is 52.6 Å². The second-order valence-electron chi connectivity index (χ2n) is 6.33. The van der Waals surface area contributed by atoms with Crippen molar-refractivity contribution >= 4 is 11.9 Å². The number of benzene rings is 1. The van der Waals surface area contributed by atoms with Crippen LogP contribution in [0.5, 0.6) is 0 Å². The molecule has 3 rings (SSSR count). The molecule has 2 heterocycles. The monoisotopic (exact) mass is 328 g/mol. The highest BCUT2D eigenvalue weighted by molar-refractivity contribution is 5.95. The molecule has 1 aliphatic rings. The minimum atomic E-state index is -0.273. The van der Waals surface area contributed by atoms with Gasteiger partial charge in [-0.05, 0) is 43.5 Å². The summed E-state index contributed by atoms with van der Waals surface area (Å²) in [4.78, 5) is 25.1. The van der Waals surface area contributed by atoms with E-state index in [-0.39, 0.29) is 17.8 Å². The third kappa shape index (κ3) is 2.84. The number of aromatic nitrogens is 2. The van der Waals surface area contributed by atoms with Gasteiger partial charge in [0.1, 0.15) is 5.82 Å². The zero-order chi connectivity index (χ0) is 17.4. The van der Waals surface area contributed by atoms with E-state index in [9.17, 15) is 9.18 Å². The SMILES string of the molecule is Cc1nc(N(C)C)ncc1C(=O)N1CCc2ccc(F)cc2C1C. The first kappa shape index (κ1) is 16.4. The minimum Gasteiger partial charge on any atom is -0.347 e. The molecule has 5 nitrogen and oxygen atoms in total. The summed E-state index contributed by atoms with van der Waals surface area (Å²) in [6, 6.07) is 4.63. The Bertz CT molecular complexity index is 791. The second-order valence-corrected chi connectivity index (χ2v) is 6.33. The smallest absolute Gasteiger partial charge is 0.257 e. The predicted octanol–water partition coefficient (Wildman–Crippen LogP) is 2.75. The van der Waals surface area contributed by atoms with E-state index in [1.807, 2.05) is 34.0 Å². The highest BCUT2D eigenvalue weighted by atomic mass is 19.1. The fourth-order valence-electron chi connectivity index (χ4n) is 3.10. The molecule has 126 valence electrons. The Morgan fingerprint density at radius 2 is 2.12 bits per heavy atom. The van der Waals surface area contributed by atoms with E-state index < -0.39 is 0 Å². The molecule has 24 heavy (non-hydrogen) atoms. The van der Waals surface area contributed by atoms with Gasteiger partial charge in [0.25, 0.3) is 5.91 Å². The molecule has 0 spiro atoms. The molecule has 1 atom stereocenters. The topological polar surface area (TPSA) is 49.3 Å². The summed E-state index contributed by atoms with van der Waals surface area (Å²) in [6.07, 6.45) is 2.30. The van der Waals surface area contributed by atoms with Gasteiger partial charge in [0, 0.05) is 26.8 Å². The highest BCUT2D eigenvalue weighted by Crippen LogP contribution is 2.31. The van der Waals surface area contributed by atoms with E-state index in [1.165, 1.54) is 12.1 Å². The molecule has 0 N–H and O–H groups in total. The van der Waals surface area contributed by atoms with Gasteiger partial charge in [-0.25, -0.2) is 14.4 Å². The number of fused-ring (bicyclic) bond motifs is 1. The zero-order valence-corrected chi connectivity index (χ0v) is 14.4. The Morgan fingerprint density at radius 1 is 1.38 bits per heavy atom. The maximum Gasteiger partial charge on any atom is 0.257 e. The number of anilines is 1. The number of amides is 1. The van der Waals surface area contributed by atoms with Gasteiger partial charge < -0.3 is 9.80 Å². The van der Waals surface area contributed by atoms with Crippen molar-refractivity contribution in [2.24, 2.45) is 0 Å². The van der Waals surface area contributed by atoms with Gasteiger partial charge in [0.15, 0.2) is 0 Å². The third-order valence-electron chi connectivity index (χ3n) is 4.51. The van der Waals surface area contributed by atoms with Gasteiger partial charge in [-0.3, -0.25) is 4.79 Å². The van der Waals surface area contributed by atoms with Crippen molar-refractivity contribution in [2.75, 3.05) is 25.5 Å². The maximum absolute atomic E-state index is 13.6. The largest absolute Gasteiger partial charge is 0.347 e. The van der Waals surface area contributed by atoms with E-state index in [0.29, 0.717) is 23.8 Å². The maximum atomic E-state index is 13.6. The fraction of sp³-hybridized carbons (Fsp3) is 0.389. The third-order valence-corrected chi connectivity index (χ3v) is 4.51. The molecule has 1 aromatic carbocycles. The lowest BCUT2D eigenvalue weighted by Gasteiger charge is -2.35. The van der Waals surface area contributed by atoms with E-state index >= 15 is 0 Å². The average molecular weight is 328 g/mol. The molecule has 0 fully saturated rings. The lowest BCUT2D eigenvalue weighted by Crippen LogP contribution is -2.39. The molecule has 0 saturated heterocycles. The second kappa shape index (κ2) is 6.19. The van der Waals surface area contributed by atoms with Crippen molar-refractivity contribution in [3.8, 4) is 0 Å². The van der Waals surface area contributed by atoms with Crippen LogP contribution >= 0.6 is 0 Å². The normalized spacial score (nSPS) is 16.7. The van der Waals surface area contributed by atoms with Crippen LogP contribution in [0.2, 0.25) is 0 Å². The van der Waals surface area contributed by atoms with Crippen LogP contribution in [0.3, 0.4) is 0 Å². The van der Waals surface area contributed by atoms with Crippen LogP contribution in [0.25, 0.3) is 0 Å². The summed E-state index contributed by atoms with van der Waals surface area (Å²) in [7, 11) is 3.71. The standard InChI is InChI=1S/C18H21FN4O/c1-11-16(10-20-18(21-11)22(3)4)17(24)23-8-7-13-5-6-14(19)9-15(13)12(23)2/h5-6,9-10,12H,7-8H2,1-4H3. The number of carbonyl (C=O) groups is 1. The van der Waals surface area contributed by atoms with E-state index in [4.69, 9.17) is 0 Å². The van der Waals surface area contributed by atoms with Crippen molar-refractivity contribution < 1.29 is 9.18 Å². The van der Waals surface area contributed by atoms with Crippen molar-refractivity contribution in [1.82, 2.24) is 14.9 Å². The summed E-state index contributed by atoms with van der Waals surface area (Å²) in [6.45, 7) is 4.34. The summed E-state index contributed by atoms with van der Waals surface area (Å²) < 4.78 is 13.6. The number of rotatable bonds is 2. The predicted molar refractivity (Wildman–Crippen MR) is 90.7 cm³/mol. The molecule has 0 bridgehead atoms. The van der Waals surface area contributed by atoms with E-state index in [2.05, 4.69) is 9.97 Å². The van der Waals surface area contributed by atoms with Crippen LogP contribution in [0.1, 0.15) is 40.1 Å². The zero-order valence-electron chi connectivity index (χ0n) is 14.4. The van der Waals surface area contributed by atoms with Crippen molar-refractivity contribution in [3.63, 3.8) is 0 Å². The van der Waals surface area contributed by atoms with Gasteiger partial charge in [-0.15, -0.1) is 0 Å². The molecule has 2 aromatic rings. The minimum absolute atomic E-state index is 0.111. The summed E-state index contributed by atoms with van der Waals surface area (Å²) >= 11 is 0. The molecule has 6 heteroatoms. The first-order chi connectivity index (χ1) is 11.4. The average Bonchev–Trinajstić information content (AvgIpc) is 2.55. The Balaban J connectivity index is 1.91. The number of aryl methyl sites for hydroxylation is 1. The Labute approximate surface area is 141 Å². The molecule has 1 amide bonds. The van der Waals surface area contributed by atoms with Gasteiger partial charge in [-0.1, -0.05) is 6.07 Å². The number of carbonyl (C=O) groups excluding carboxylic acids is 1. The van der Waals surface area contributed by atoms with Crippen LogP contribution in [0.15, 0.2) is 24.4 Å². The number of halogens is 1. The summed E-state index contributed by atoms with van der Waals surface area (Å²) in [5, 5.41) is 0. The van der Waals surface area contributed by atoms with Crippen molar-refractivity contribution in [1.29, 1.82) is 0 Å². The van der Waals surface area contributed by atoms with Gasteiger partial charge in [0.05, 0.1) is 17.3 Å². The highest BCUT2D eigenvalue weighted by Gasteiger charge is 2.29. The van der Waals surface area contributed by atoms with Crippen LogP contribution < -0.4 is 4.90 Å². The van der Waals surface area contributed by atoms with Crippen LogP contribution in [-0.2, 0) is 6.42 Å². The summed E-state index contributed by atoms with van der Waals surface area (Å²) in [5.41, 5.74) is 3.12. The fourth-order valence-corrected chi connectivity index (χ4v) is 3.10. The molecule has 1 aromatic heterocycles. The number of hydrogen-bond acceptors (Lipinski definition) is 4. The first-order valence-corrected chi connectivity index (χ1v) is 7.98. The van der Waals surface area contributed by atoms with E-state index in [0.717, 1.165) is 17.5 Å². The molecule has 0 aliphatic carbocycles. The summed E-state index contributed by atoms with van der Waals surface area (Å²) in [5.74, 6) is 0.188. The molecule has 0 saturated carbocycles. The lowest BCUT2D eigenvalue weighted by atomic mass is 9.93. The van der Waals surface area contributed by atoms with E-state index in [1.54, 1.807) is 16.0 Å². The van der Waals surface area contributed by atoms with Gasteiger partial charge in [0.2, 0.25) is 5.95 Å². The van der Waals surface area contributed by atoms with Gasteiger partial charge in [-0.2, -0.15) is 0 Å². The molecule has 0 radical (unpaired) electrons.